The second-order valence-corrected chi connectivity index (χ2v) is 8.09. The molecule has 2 rings (SSSR count). The predicted octanol–water partition coefficient (Wildman–Crippen LogP) is 1.53. The molecule has 2 N–H and O–H groups in total. The number of nitrogens with zero attached hydrogens (tertiary/aromatic N) is 3. The topological polar surface area (TPSA) is 60.0 Å². The van der Waals surface area contributed by atoms with Crippen LogP contribution in [-0.2, 0) is 4.79 Å². The third kappa shape index (κ3) is 5.59. The molecule has 6 nitrogen and oxygen atoms in total. The van der Waals surface area contributed by atoms with Gasteiger partial charge in [0.25, 0.3) is 0 Å². The standard InChI is InChI=1S/C19H37N5O/c1-16-8-7-12-24(14-16)13-11-21-18(20-2)22-15-19(9-5-6-10-19)17(25)23(3)4/h16H,5-15H2,1-4H3,(H2,20,21,22). The van der Waals surface area contributed by atoms with E-state index in [0.29, 0.717) is 6.54 Å². The van der Waals surface area contributed by atoms with Crippen molar-refractivity contribution in [2.24, 2.45) is 16.3 Å². The van der Waals surface area contributed by atoms with Gasteiger partial charge in [0.05, 0.1) is 5.41 Å². The van der Waals surface area contributed by atoms with E-state index in [9.17, 15) is 4.79 Å². The summed E-state index contributed by atoms with van der Waals surface area (Å²) in [5.74, 6) is 1.86. The van der Waals surface area contributed by atoms with Gasteiger partial charge in [-0.25, -0.2) is 0 Å². The van der Waals surface area contributed by atoms with Crippen LogP contribution in [0, 0.1) is 11.3 Å². The van der Waals surface area contributed by atoms with Crippen LogP contribution in [0.5, 0.6) is 0 Å². The molecule has 144 valence electrons. The maximum absolute atomic E-state index is 12.6. The molecule has 25 heavy (non-hydrogen) atoms. The molecule has 0 aromatic heterocycles. The fourth-order valence-electron chi connectivity index (χ4n) is 4.29. The maximum Gasteiger partial charge on any atom is 0.230 e. The first-order chi connectivity index (χ1) is 12.0. The van der Waals surface area contributed by atoms with Crippen LogP contribution in [0.15, 0.2) is 4.99 Å². The lowest BCUT2D eigenvalue weighted by atomic mass is 9.84. The molecule has 0 aromatic carbocycles. The number of aliphatic imine (C=N–C) groups is 1. The van der Waals surface area contributed by atoms with Gasteiger partial charge in [-0.3, -0.25) is 9.79 Å². The van der Waals surface area contributed by atoms with Crippen LogP contribution < -0.4 is 10.6 Å². The van der Waals surface area contributed by atoms with E-state index in [1.165, 1.54) is 25.9 Å². The van der Waals surface area contributed by atoms with Gasteiger partial charge >= 0.3 is 0 Å². The minimum atomic E-state index is -0.260. The number of carbonyl (C=O) groups excluding carboxylic acids is 1. The molecule has 2 fully saturated rings. The van der Waals surface area contributed by atoms with E-state index in [-0.39, 0.29) is 11.3 Å². The Morgan fingerprint density at radius 1 is 1.24 bits per heavy atom. The number of hydrogen-bond acceptors (Lipinski definition) is 3. The van der Waals surface area contributed by atoms with Crippen molar-refractivity contribution in [2.45, 2.75) is 45.4 Å². The van der Waals surface area contributed by atoms with Crippen molar-refractivity contribution in [3.8, 4) is 0 Å². The number of rotatable bonds is 6. The Balaban J connectivity index is 1.78. The molecule has 1 amide bonds. The lowest BCUT2D eigenvalue weighted by Crippen LogP contribution is -2.50. The van der Waals surface area contributed by atoms with Crippen LogP contribution in [0.2, 0.25) is 0 Å². The van der Waals surface area contributed by atoms with Gasteiger partial charge in [-0.2, -0.15) is 0 Å². The fraction of sp³-hybridized carbons (Fsp3) is 0.895. The zero-order valence-electron chi connectivity index (χ0n) is 16.6. The fourth-order valence-corrected chi connectivity index (χ4v) is 4.29. The molecule has 1 heterocycles. The predicted molar refractivity (Wildman–Crippen MR) is 104 cm³/mol. The van der Waals surface area contributed by atoms with Crippen LogP contribution in [0.3, 0.4) is 0 Å². The highest BCUT2D eigenvalue weighted by Gasteiger charge is 2.42. The third-order valence-electron chi connectivity index (χ3n) is 5.70. The Morgan fingerprint density at radius 2 is 1.96 bits per heavy atom. The summed E-state index contributed by atoms with van der Waals surface area (Å²) < 4.78 is 0. The van der Waals surface area contributed by atoms with E-state index in [1.807, 2.05) is 14.1 Å². The van der Waals surface area contributed by atoms with Crippen molar-refractivity contribution in [2.75, 3.05) is 53.9 Å². The van der Waals surface area contributed by atoms with E-state index in [2.05, 4.69) is 27.4 Å². The first kappa shape index (κ1) is 20.0. The lowest BCUT2D eigenvalue weighted by Gasteiger charge is -2.32. The van der Waals surface area contributed by atoms with Crippen LogP contribution in [0.1, 0.15) is 45.4 Å². The Morgan fingerprint density at radius 3 is 2.56 bits per heavy atom. The second-order valence-electron chi connectivity index (χ2n) is 8.09. The highest BCUT2D eigenvalue weighted by molar-refractivity contribution is 5.85. The normalized spacial score (nSPS) is 24.2. The van der Waals surface area contributed by atoms with Crippen molar-refractivity contribution < 1.29 is 4.79 Å². The quantitative estimate of drug-likeness (QED) is 0.563. The van der Waals surface area contributed by atoms with E-state index in [4.69, 9.17) is 0 Å². The molecule has 1 atom stereocenters. The first-order valence-corrected chi connectivity index (χ1v) is 9.85. The Labute approximate surface area is 153 Å². The number of piperidine rings is 1. The number of amides is 1. The summed E-state index contributed by atoms with van der Waals surface area (Å²) >= 11 is 0. The number of guanidine groups is 1. The number of carbonyl (C=O) groups is 1. The zero-order chi connectivity index (χ0) is 18.3. The van der Waals surface area contributed by atoms with Gasteiger partial charge in [0.15, 0.2) is 5.96 Å². The molecule has 0 spiro atoms. The molecule has 6 heteroatoms. The second kappa shape index (κ2) is 9.41. The molecular weight excluding hydrogens is 314 g/mol. The van der Waals surface area contributed by atoms with Crippen molar-refractivity contribution in [3.63, 3.8) is 0 Å². The average Bonchev–Trinajstić information content (AvgIpc) is 3.07. The highest BCUT2D eigenvalue weighted by atomic mass is 16.2. The van der Waals surface area contributed by atoms with Crippen LogP contribution in [0.4, 0.5) is 0 Å². The van der Waals surface area contributed by atoms with Crippen molar-refractivity contribution in [1.29, 1.82) is 0 Å². The summed E-state index contributed by atoms with van der Waals surface area (Å²) in [6, 6.07) is 0. The van der Waals surface area contributed by atoms with Gasteiger partial charge in [0.1, 0.15) is 0 Å². The van der Waals surface area contributed by atoms with E-state index < -0.39 is 0 Å². The van der Waals surface area contributed by atoms with E-state index >= 15 is 0 Å². The first-order valence-electron chi connectivity index (χ1n) is 9.85. The zero-order valence-corrected chi connectivity index (χ0v) is 16.6. The number of hydrogen-bond donors (Lipinski definition) is 2. The van der Waals surface area contributed by atoms with E-state index in [0.717, 1.165) is 50.7 Å². The SMILES string of the molecule is CN=C(NCCN1CCCC(C)C1)NCC1(C(=O)N(C)C)CCCC1. The summed E-state index contributed by atoms with van der Waals surface area (Å²) in [7, 11) is 5.51. The van der Waals surface area contributed by atoms with Gasteiger partial charge in [-0.05, 0) is 38.1 Å². The molecule has 2 aliphatic rings. The van der Waals surface area contributed by atoms with Gasteiger partial charge in [0, 0.05) is 47.3 Å². The minimum absolute atomic E-state index is 0.246. The summed E-state index contributed by atoms with van der Waals surface area (Å²) in [5, 5.41) is 6.82. The summed E-state index contributed by atoms with van der Waals surface area (Å²) in [6.45, 7) is 7.35. The Bertz CT molecular complexity index is 457. The van der Waals surface area contributed by atoms with Crippen LogP contribution in [-0.4, -0.2) is 75.5 Å². The Kier molecular flexibility index (Phi) is 7.54. The summed E-state index contributed by atoms with van der Waals surface area (Å²) in [4.78, 5) is 21.2. The highest BCUT2D eigenvalue weighted by Crippen LogP contribution is 2.38. The maximum atomic E-state index is 12.6. The molecule has 1 aliphatic heterocycles. The largest absolute Gasteiger partial charge is 0.355 e. The summed E-state index contributed by atoms with van der Waals surface area (Å²) in [6.07, 6.45) is 6.89. The number of nitrogens with one attached hydrogen (secondary N) is 2. The third-order valence-corrected chi connectivity index (χ3v) is 5.70. The van der Waals surface area contributed by atoms with Gasteiger partial charge in [0.2, 0.25) is 5.91 Å². The van der Waals surface area contributed by atoms with Gasteiger partial charge in [-0.1, -0.05) is 19.8 Å². The smallest absolute Gasteiger partial charge is 0.230 e. The lowest BCUT2D eigenvalue weighted by molar-refractivity contribution is -0.138. The number of likely N-dealkylation sites (tertiary alicyclic amines) is 1. The molecule has 1 saturated carbocycles. The van der Waals surface area contributed by atoms with Crippen molar-refractivity contribution in [3.05, 3.63) is 0 Å². The minimum Gasteiger partial charge on any atom is -0.355 e. The Hall–Kier alpha value is -1.30. The molecular formula is C19H37N5O. The molecule has 1 aliphatic carbocycles. The van der Waals surface area contributed by atoms with E-state index in [1.54, 1.807) is 11.9 Å². The molecule has 0 bridgehead atoms. The molecule has 1 saturated heterocycles. The molecule has 1 unspecified atom stereocenters. The summed E-state index contributed by atoms with van der Waals surface area (Å²) in [5.41, 5.74) is -0.260. The van der Waals surface area contributed by atoms with Crippen LogP contribution >= 0.6 is 0 Å². The van der Waals surface area contributed by atoms with Crippen molar-refractivity contribution >= 4 is 11.9 Å². The monoisotopic (exact) mass is 351 g/mol. The molecule has 0 radical (unpaired) electrons. The van der Waals surface area contributed by atoms with Gasteiger partial charge in [-0.15, -0.1) is 0 Å². The van der Waals surface area contributed by atoms with Crippen LogP contribution in [0.25, 0.3) is 0 Å². The van der Waals surface area contributed by atoms with Gasteiger partial charge < -0.3 is 20.4 Å². The molecule has 0 aromatic rings. The average molecular weight is 352 g/mol. The van der Waals surface area contributed by atoms with Crippen molar-refractivity contribution in [1.82, 2.24) is 20.4 Å².